The minimum atomic E-state index is -0.757. The molecule has 6 nitrogen and oxygen atoms in total. The van der Waals surface area contributed by atoms with Crippen molar-refractivity contribution in [1.29, 1.82) is 0 Å². The van der Waals surface area contributed by atoms with Gasteiger partial charge in [0.05, 0.1) is 11.2 Å². The summed E-state index contributed by atoms with van der Waals surface area (Å²) in [6, 6.07) is 7.68. The SMILES string of the molecule is CC(C)(O)CN1CCN(C(=O)c2cc(-c3ccccc3F)on2)CC1. The van der Waals surface area contributed by atoms with Gasteiger partial charge in [-0.25, -0.2) is 4.39 Å². The Kier molecular flexibility index (Phi) is 4.87. The molecule has 0 atom stereocenters. The average Bonchev–Trinajstić information content (AvgIpc) is 3.03. The first-order valence-corrected chi connectivity index (χ1v) is 8.29. The molecule has 3 rings (SSSR count). The third-order valence-corrected chi connectivity index (χ3v) is 4.14. The molecule has 0 bridgehead atoms. The molecular formula is C18H22FN3O3. The fourth-order valence-electron chi connectivity index (χ4n) is 2.98. The summed E-state index contributed by atoms with van der Waals surface area (Å²) in [7, 11) is 0. The van der Waals surface area contributed by atoms with Crippen molar-refractivity contribution in [3.05, 3.63) is 41.8 Å². The largest absolute Gasteiger partial charge is 0.389 e. The molecular weight excluding hydrogens is 325 g/mol. The van der Waals surface area contributed by atoms with Crippen LogP contribution in [0, 0.1) is 5.82 Å². The highest BCUT2D eigenvalue weighted by atomic mass is 19.1. The number of carbonyl (C=O) groups excluding carboxylic acids is 1. The molecule has 2 aromatic rings. The van der Waals surface area contributed by atoms with Crippen LogP contribution in [0.2, 0.25) is 0 Å². The van der Waals surface area contributed by atoms with E-state index in [0.717, 1.165) is 0 Å². The quantitative estimate of drug-likeness (QED) is 0.916. The Bertz CT molecular complexity index is 746. The van der Waals surface area contributed by atoms with E-state index >= 15 is 0 Å². The lowest BCUT2D eigenvalue weighted by molar-refractivity contribution is 0.0176. The van der Waals surface area contributed by atoms with Crippen molar-refractivity contribution in [2.45, 2.75) is 19.4 Å². The van der Waals surface area contributed by atoms with Crippen LogP contribution in [0.5, 0.6) is 0 Å². The van der Waals surface area contributed by atoms with Crippen LogP contribution in [0.3, 0.4) is 0 Å². The van der Waals surface area contributed by atoms with Crippen LogP contribution >= 0.6 is 0 Å². The smallest absolute Gasteiger partial charge is 0.276 e. The maximum absolute atomic E-state index is 13.8. The number of hydrogen-bond donors (Lipinski definition) is 1. The lowest BCUT2D eigenvalue weighted by atomic mass is 10.1. The molecule has 1 aromatic carbocycles. The van der Waals surface area contributed by atoms with Crippen molar-refractivity contribution >= 4 is 5.91 Å². The number of amides is 1. The van der Waals surface area contributed by atoms with Gasteiger partial charge in [0, 0.05) is 38.8 Å². The topological polar surface area (TPSA) is 69.8 Å². The van der Waals surface area contributed by atoms with Crippen LogP contribution in [0.4, 0.5) is 4.39 Å². The zero-order valence-electron chi connectivity index (χ0n) is 14.4. The Morgan fingerprint density at radius 2 is 1.96 bits per heavy atom. The minimum Gasteiger partial charge on any atom is -0.389 e. The van der Waals surface area contributed by atoms with E-state index < -0.39 is 11.4 Å². The van der Waals surface area contributed by atoms with Crippen LogP contribution in [-0.4, -0.2) is 64.3 Å². The van der Waals surface area contributed by atoms with Gasteiger partial charge in [-0.05, 0) is 26.0 Å². The van der Waals surface area contributed by atoms with Gasteiger partial charge in [-0.15, -0.1) is 0 Å². The van der Waals surface area contributed by atoms with Crippen LogP contribution in [0.15, 0.2) is 34.9 Å². The molecule has 0 spiro atoms. The van der Waals surface area contributed by atoms with Crippen LogP contribution in [-0.2, 0) is 0 Å². The van der Waals surface area contributed by atoms with E-state index in [0.29, 0.717) is 32.7 Å². The number of aliphatic hydroxyl groups is 1. The second-order valence-electron chi connectivity index (χ2n) is 6.94. The molecule has 1 amide bonds. The van der Waals surface area contributed by atoms with E-state index in [1.54, 1.807) is 36.9 Å². The Hall–Kier alpha value is -2.25. The highest BCUT2D eigenvalue weighted by molar-refractivity contribution is 5.93. The predicted octanol–water partition coefficient (Wildman–Crippen LogP) is 2.01. The van der Waals surface area contributed by atoms with Crippen LogP contribution in [0.1, 0.15) is 24.3 Å². The molecule has 1 aliphatic heterocycles. The summed E-state index contributed by atoms with van der Waals surface area (Å²) in [4.78, 5) is 16.4. The summed E-state index contributed by atoms with van der Waals surface area (Å²) in [5, 5.41) is 13.7. The van der Waals surface area contributed by atoms with Gasteiger partial charge in [0.25, 0.3) is 5.91 Å². The summed E-state index contributed by atoms with van der Waals surface area (Å²) in [5.74, 6) is -0.408. The van der Waals surface area contributed by atoms with Gasteiger partial charge in [0.2, 0.25) is 0 Å². The third kappa shape index (κ3) is 4.24. The molecule has 0 unspecified atom stereocenters. The molecule has 1 fully saturated rings. The van der Waals surface area contributed by atoms with E-state index in [1.165, 1.54) is 12.1 Å². The predicted molar refractivity (Wildman–Crippen MR) is 90.5 cm³/mol. The first-order valence-electron chi connectivity index (χ1n) is 8.29. The molecule has 1 aromatic heterocycles. The van der Waals surface area contributed by atoms with Crippen molar-refractivity contribution in [3.8, 4) is 11.3 Å². The number of nitrogens with zero attached hydrogens (tertiary/aromatic N) is 3. The normalized spacial score (nSPS) is 16.2. The Morgan fingerprint density at radius 3 is 2.60 bits per heavy atom. The molecule has 2 heterocycles. The minimum absolute atomic E-state index is 0.175. The lowest BCUT2D eigenvalue weighted by Crippen LogP contribution is -2.52. The summed E-state index contributed by atoms with van der Waals surface area (Å²) in [5.41, 5.74) is -0.300. The number of benzene rings is 1. The second kappa shape index (κ2) is 6.93. The van der Waals surface area contributed by atoms with Crippen molar-refractivity contribution in [2.24, 2.45) is 0 Å². The Labute approximate surface area is 145 Å². The number of rotatable bonds is 4. The highest BCUT2D eigenvalue weighted by Crippen LogP contribution is 2.24. The fraction of sp³-hybridized carbons (Fsp3) is 0.444. The maximum Gasteiger partial charge on any atom is 0.276 e. The maximum atomic E-state index is 13.8. The summed E-state index contributed by atoms with van der Waals surface area (Å²) in [6.45, 7) is 6.58. The summed E-state index contributed by atoms with van der Waals surface area (Å²) >= 11 is 0. The fourth-order valence-corrected chi connectivity index (χ4v) is 2.98. The zero-order valence-corrected chi connectivity index (χ0v) is 14.4. The molecule has 7 heteroatoms. The van der Waals surface area contributed by atoms with E-state index in [9.17, 15) is 14.3 Å². The Balaban J connectivity index is 1.64. The zero-order chi connectivity index (χ0) is 18.0. The molecule has 25 heavy (non-hydrogen) atoms. The number of hydrogen-bond acceptors (Lipinski definition) is 5. The van der Waals surface area contributed by atoms with Crippen LogP contribution < -0.4 is 0 Å². The molecule has 0 aliphatic carbocycles. The van der Waals surface area contributed by atoms with Gasteiger partial charge in [0.15, 0.2) is 11.5 Å². The molecule has 0 saturated carbocycles. The molecule has 134 valence electrons. The van der Waals surface area contributed by atoms with Gasteiger partial charge in [0.1, 0.15) is 5.82 Å². The van der Waals surface area contributed by atoms with E-state index in [1.807, 2.05) is 0 Å². The van der Waals surface area contributed by atoms with Crippen molar-refractivity contribution in [2.75, 3.05) is 32.7 Å². The van der Waals surface area contributed by atoms with Crippen molar-refractivity contribution < 1.29 is 18.8 Å². The standard InChI is InChI=1S/C18H22FN3O3/c1-18(2,24)12-21-7-9-22(10-8-21)17(23)15-11-16(25-20-15)13-5-3-4-6-14(13)19/h3-6,11,24H,7-10,12H2,1-2H3. The lowest BCUT2D eigenvalue weighted by Gasteiger charge is -2.36. The van der Waals surface area contributed by atoms with E-state index in [-0.39, 0.29) is 22.9 Å². The molecule has 1 saturated heterocycles. The monoisotopic (exact) mass is 347 g/mol. The Morgan fingerprint density at radius 1 is 1.28 bits per heavy atom. The number of halogens is 1. The van der Waals surface area contributed by atoms with E-state index in [4.69, 9.17) is 4.52 Å². The van der Waals surface area contributed by atoms with Gasteiger partial charge >= 0.3 is 0 Å². The van der Waals surface area contributed by atoms with Gasteiger partial charge in [-0.2, -0.15) is 0 Å². The highest BCUT2D eigenvalue weighted by Gasteiger charge is 2.27. The average molecular weight is 347 g/mol. The third-order valence-electron chi connectivity index (χ3n) is 4.14. The van der Waals surface area contributed by atoms with Gasteiger partial charge in [-0.1, -0.05) is 17.3 Å². The summed E-state index contributed by atoms with van der Waals surface area (Å²) < 4.78 is 19.0. The second-order valence-corrected chi connectivity index (χ2v) is 6.94. The van der Waals surface area contributed by atoms with E-state index in [2.05, 4.69) is 10.1 Å². The number of aromatic nitrogens is 1. The number of piperazine rings is 1. The molecule has 0 radical (unpaired) electrons. The van der Waals surface area contributed by atoms with Gasteiger partial charge < -0.3 is 14.5 Å². The van der Waals surface area contributed by atoms with Crippen molar-refractivity contribution in [3.63, 3.8) is 0 Å². The van der Waals surface area contributed by atoms with Crippen molar-refractivity contribution in [1.82, 2.24) is 15.0 Å². The van der Waals surface area contributed by atoms with Gasteiger partial charge in [-0.3, -0.25) is 9.69 Å². The number of β-amino-alcohol motifs (C(OH)–C–C–N with tert-alkyl or cyclic N) is 1. The van der Waals surface area contributed by atoms with Crippen LogP contribution in [0.25, 0.3) is 11.3 Å². The summed E-state index contributed by atoms with van der Waals surface area (Å²) in [6.07, 6.45) is 0. The first kappa shape index (κ1) is 17.6. The molecule has 1 N–H and O–H groups in total. The first-order chi connectivity index (χ1) is 11.8. The number of carbonyl (C=O) groups is 1. The molecule has 1 aliphatic rings.